The lowest BCUT2D eigenvalue weighted by molar-refractivity contribution is 0.0463. The van der Waals surface area contributed by atoms with Crippen LogP contribution in [-0.4, -0.2) is 31.1 Å². The molecule has 0 aliphatic rings. The number of unbranched alkanes of at least 4 members (excludes halogenated alkanes) is 16. The van der Waals surface area contributed by atoms with Gasteiger partial charge >= 0.3 is 5.97 Å². The molecule has 3 aromatic carbocycles. The van der Waals surface area contributed by atoms with E-state index >= 15 is 0 Å². The van der Waals surface area contributed by atoms with E-state index in [-0.39, 0.29) is 5.78 Å². The molecule has 0 fully saturated rings. The van der Waals surface area contributed by atoms with Crippen molar-refractivity contribution in [3.05, 3.63) is 83.4 Å². The molecular formula is C45H64N2O5. The molecule has 0 heterocycles. The fourth-order valence-electron chi connectivity index (χ4n) is 6.05. The van der Waals surface area contributed by atoms with Crippen molar-refractivity contribution in [2.45, 2.75) is 149 Å². The van der Waals surface area contributed by atoms with Crippen molar-refractivity contribution in [2.75, 3.05) is 13.2 Å². The lowest BCUT2D eigenvalue weighted by Crippen LogP contribution is -2.21. The van der Waals surface area contributed by atoms with Gasteiger partial charge in [-0.15, -0.1) is 0 Å². The summed E-state index contributed by atoms with van der Waals surface area (Å²) in [6.07, 6.45) is 22.3. The smallest absolute Gasteiger partial charge is 0.343 e. The van der Waals surface area contributed by atoms with Gasteiger partial charge in [0, 0.05) is 12.2 Å². The first-order chi connectivity index (χ1) is 25.4. The first-order valence-corrected chi connectivity index (χ1v) is 20.1. The van der Waals surface area contributed by atoms with E-state index in [1.165, 1.54) is 96.3 Å². The van der Waals surface area contributed by atoms with Gasteiger partial charge in [-0.1, -0.05) is 129 Å². The van der Waals surface area contributed by atoms with Crippen molar-refractivity contribution in [3.63, 3.8) is 0 Å². The van der Waals surface area contributed by atoms with Gasteiger partial charge < -0.3 is 14.2 Å². The second kappa shape index (κ2) is 26.0. The predicted molar refractivity (Wildman–Crippen MR) is 213 cm³/mol. The number of carbonyl (C=O) groups is 2. The molecule has 284 valence electrons. The van der Waals surface area contributed by atoms with E-state index in [1.807, 2.05) is 37.3 Å². The van der Waals surface area contributed by atoms with Crippen molar-refractivity contribution in [1.29, 1.82) is 0 Å². The summed E-state index contributed by atoms with van der Waals surface area (Å²) in [7, 11) is 0. The van der Waals surface area contributed by atoms with Crippen molar-refractivity contribution in [1.82, 2.24) is 0 Å². The molecule has 0 unspecified atom stereocenters. The van der Waals surface area contributed by atoms with Crippen LogP contribution in [0.4, 0.5) is 11.4 Å². The number of carbonyl (C=O) groups excluding carboxylic acids is 2. The fraction of sp³-hybridized carbons (Fsp3) is 0.556. The maximum absolute atomic E-state index is 12.9. The van der Waals surface area contributed by atoms with Gasteiger partial charge in [-0.2, -0.15) is 10.2 Å². The van der Waals surface area contributed by atoms with Gasteiger partial charge in [-0.25, -0.2) is 4.79 Å². The van der Waals surface area contributed by atoms with Crippen molar-refractivity contribution in [3.8, 4) is 11.5 Å². The molecule has 0 N–H and O–H groups in total. The van der Waals surface area contributed by atoms with Crippen LogP contribution < -0.4 is 9.47 Å². The number of hydrogen-bond donors (Lipinski definition) is 0. The quantitative estimate of drug-likeness (QED) is 0.0246. The third-order valence-electron chi connectivity index (χ3n) is 9.39. The monoisotopic (exact) mass is 712 g/mol. The predicted octanol–water partition coefficient (Wildman–Crippen LogP) is 13.7. The van der Waals surface area contributed by atoms with E-state index < -0.39 is 12.1 Å². The number of ketones is 1. The molecule has 0 amide bonds. The molecule has 0 aliphatic carbocycles. The Balaban J connectivity index is 1.35. The van der Waals surface area contributed by atoms with Gasteiger partial charge in [-0.05, 0) is 86.8 Å². The Hall–Kier alpha value is -3.84. The van der Waals surface area contributed by atoms with Crippen LogP contribution in [0, 0.1) is 6.92 Å². The first-order valence-electron chi connectivity index (χ1n) is 20.1. The minimum absolute atomic E-state index is 0.0917. The van der Waals surface area contributed by atoms with E-state index in [9.17, 15) is 9.59 Å². The zero-order chi connectivity index (χ0) is 37.2. The normalized spacial score (nSPS) is 11.9. The SMILES string of the molecule is CCCCCCCCCCCCO[C@H](C)C(=O)c1ccc(C(=O)Oc2ccc(N=Nc3ccc(OCCCCCCCCCC)cc3)cc2C)cc1. The molecule has 7 nitrogen and oxygen atoms in total. The Kier molecular flexibility index (Phi) is 21.3. The summed E-state index contributed by atoms with van der Waals surface area (Å²) in [5.74, 6) is 0.692. The van der Waals surface area contributed by atoms with E-state index in [4.69, 9.17) is 14.2 Å². The van der Waals surface area contributed by atoms with Gasteiger partial charge in [0.1, 0.15) is 17.6 Å². The Morgan fingerprint density at radius 3 is 1.62 bits per heavy atom. The average Bonchev–Trinajstić information content (AvgIpc) is 3.16. The third-order valence-corrected chi connectivity index (χ3v) is 9.39. The van der Waals surface area contributed by atoms with Crippen molar-refractivity contribution in [2.24, 2.45) is 10.2 Å². The maximum atomic E-state index is 12.9. The number of nitrogens with zero attached hydrogens (tertiary/aromatic N) is 2. The van der Waals surface area contributed by atoms with Crippen LogP contribution in [0.3, 0.4) is 0 Å². The summed E-state index contributed by atoms with van der Waals surface area (Å²) in [4.78, 5) is 25.8. The van der Waals surface area contributed by atoms with E-state index in [0.717, 1.165) is 42.9 Å². The fourth-order valence-corrected chi connectivity index (χ4v) is 6.05. The summed E-state index contributed by atoms with van der Waals surface area (Å²) < 4.78 is 17.4. The molecule has 52 heavy (non-hydrogen) atoms. The molecule has 0 saturated carbocycles. The summed E-state index contributed by atoms with van der Waals surface area (Å²) in [5, 5.41) is 8.71. The standard InChI is InChI=1S/C45H64N2O5/c1-5-7-9-11-13-15-16-18-19-21-33-50-37(4)44(48)38-23-25-39(26-24-38)45(49)52-43-32-29-41(35-36(43)3)47-46-40-27-30-42(31-28-40)51-34-22-20-17-14-12-10-8-6-2/h23-32,35,37H,5-22,33-34H2,1-4H3/t37-/m1/s1. The second-order valence-corrected chi connectivity index (χ2v) is 14.0. The van der Waals surface area contributed by atoms with Gasteiger partial charge in [-0.3, -0.25) is 4.79 Å². The average molecular weight is 713 g/mol. The molecule has 1 atom stereocenters. The zero-order valence-corrected chi connectivity index (χ0v) is 32.5. The largest absolute Gasteiger partial charge is 0.494 e. The highest BCUT2D eigenvalue weighted by Gasteiger charge is 2.17. The number of rotatable bonds is 28. The van der Waals surface area contributed by atoms with Crippen molar-refractivity contribution >= 4 is 23.1 Å². The number of ether oxygens (including phenoxy) is 3. The van der Waals surface area contributed by atoms with Crippen LogP contribution in [0.2, 0.25) is 0 Å². The van der Waals surface area contributed by atoms with Crippen LogP contribution in [0.5, 0.6) is 11.5 Å². The summed E-state index contributed by atoms with van der Waals surface area (Å²) in [5.41, 5.74) is 3.02. The third kappa shape index (κ3) is 17.1. The van der Waals surface area contributed by atoms with Gasteiger partial charge in [0.25, 0.3) is 0 Å². The number of aryl methyl sites for hydroxylation is 1. The lowest BCUT2D eigenvalue weighted by atomic mass is 10.0. The first kappa shape index (κ1) is 42.6. The highest BCUT2D eigenvalue weighted by atomic mass is 16.5. The zero-order valence-electron chi connectivity index (χ0n) is 32.5. The molecule has 3 aromatic rings. The number of Topliss-reactive ketones (excluding diaryl/α,β-unsaturated/α-hetero) is 1. The van der Waals surface area contributed by atoms with Crippen LogP contribution in [0.1, 0.15) is 163 Å². The molecule has 0 bridgehead atoms. The van der Waals surface area contributed by atoms with E-state index in [0.29, 0.717) is 29.2 Å². The Morgan fingerprint density at radius 1 is 0.577 bits per heavy atom. The topological polar surface area (TPSA) is 86.6 Å². The number of benzene rings is 3. The summed E-state index contributed by atoms with van der Waals surface area (Å²) in [6.45, 7) is 9.45. The van der Waals surface area contributed by atoms with Crippen LogP contribution >= 0.6 is 0 Å². The molecule has 3 rings (SSSR count). The number of hydrogen-bond acceptors (Lipinski definition) is 7. The lowest BCUT2D eigenvalue weighted by Gasteiger charge is -2.13. The maximum Gasteiger partial charge on any atom is 0.343 e. The van der Waals surface area contributed by atoms with E-state index in [1.54, 1.807) is 43.3 Å². The molecule has 0 saturated heterocycles. The Morgan fingerprint density at radius 2 is 1.06 bits per heavy atom. The molecule has 7 heteroatoms. The molecule has 0 aliphatic heterocycles. The Labute approximate surface area is 314 Å². The van der Waals surface area contributed by atoms with Gasteiger partial charge in [0.05, 0.1) is 23.5 Å². The van der Waals surface area contributed by atoms with Gasteiger partial charge in [0.15, 0.2) is 5.78 Å². The minimum atomic E-state index is -0.530. The Bertz CT molecular complexity index is 1450. The van der Waals surface area contributed by atoms with Crippen LogP contribution in [-0.2, 0) is 4.74 Å². The highest BCUT2D eigenvalue weighted by Crippen LogP contribution is 2.27. The summed E-state index contributed by atoms with van der Waals surface area (Å²) >= 11 is 0. The number of esters is 1. The minimum Gasteiger partial charge on any atom is -0.494 e. The molecule has 0 radical (unpaired) electrons. The van der Waals surface area contributed by atoms with Crippen LogP contribution in [0.25, 0.3) is 0 Å². The molecule has 0 spiro atoms. The number of azo groups is 1. The second-order valence-electron chi connectivity index (χ2n) is 14.0. The molecule has 0 aromatic heterocycles. The van der Waals surface area contributed by atoms with Crippen molar-refractivity contribution < 1.29 is 23.8 Å². The van der Waals surface area contributed by atoms with E-state index in [2.05, 4.69) is 24.1 Å². The van der Waals surface area contributed by atoms with Gasteiger partial charge in [0.2, 0.25) is 0 Å². The van der Waals surface area contributed by atoms with Crippen LogP contribution in [0.15, 0.2) is 77.0 Å². The highest BCUT2D eigenvalue weighted by molar-refractivity contribution is 6.00. The molecular weight excluding hydrogens is 649 g/mol. The summed E-state index contributed by atoms with van der Waals surface area (Å²) in [6, 6.07) is 19.5.